The molecule has 1 aromatic heterocycles. The summed E-state index contributed by atoms with van der Waals surface area (Å²) in [5.41, 5.74) is 1.01. The topological polar surface area (TPSA) is 82.8 Å². The van der Waals surface area contributed by atoms with Gasteiger partial charge in [-0.25, -0.2) is 9.78 Å². The highest BCUT2D eigenvalue weighted by Gasteiger charge is 2.15. The molecule has 0 aliphatic carbocycles. The Balaban J connectivity index is 1.85. The summed E-state index contributed by atoms with van der Waals surface area (Å²) >= 11 is 3.42. The average molecular weight is 522 g/mol. The van der Waals surface area contributed by atoms with Gasteiger partial charge in [-0.3, -0.25) is 4.79 Å². The van der Waals surface area contributed by atoms with Gasteiger partial charge >= 0.3 is 5.97 Å². The zero-order chi connectivity index (χ0) is 24.2. The zero-order valence-corrected chi connectivity index (χ0v) is 20.7. The molecule has 0 atom stereocenters. The highest BCUT2D eigenvalue weighted by atomic mass is 79.9. The van der Waals surface area contributed by atoms with Gasteiger partial charge in [0.2, 0.25) is 0 Å². The van der Waals surface area contributed by atoms with Crippen LogP contribution in [-0.2, 0) is 9.53 Å². The van der Waals surface area contributed by atoms with Crippen LogP contribution in [0, 0.1) is 0 Å². The molecule has 0 bridgehead atoms. The first kappa shape index (κ1) is 23.6. The van der Waals surface area contributed by atoms with Gasteiger partial charge in [-0.1, -0.05) is 60.1 Å². The SMILES string of the molecule is CCOC(=O)COc1ccc2ccccc2c1C=Nn1c(C(C)C)nc2ccc(Br)cc2c1=O. The van der Waals surface area contributed by atoms with Crippen LogP contribution < -0.4 is 10.3 Å². The van der Waals surface area contributed by atoms with E-state index in [0.717, 1.165) is 15.2 Å². The first-order valence-electron chi connectivity index (χ1n) is 11.0. The number of rotatable bonds is 7. The molecule has 0 amide bonds. The maximum atomic E-state index is 13.4. The molecule has 34 heavy (non-hydrogen) atoms. The largest absolute Gasteiger partial charge is 0.481 e. The van der Waals surface area contributed by atoms with Crippen molar-refractivity contribution in [3.8, 4) is 5.75 Å². The third-order valence-electron chi connectivity index (χ3n) is 5.23. The van der Waals surface area contributed by atoms with Gasteiger partial charge in [0.1, 0.15) is 11.6 Å². The van der Waals surface area contributed by atoms with E-state index < -0.39 is 5.97 Å². The lowest BCUT2D eigenvalue weighted by Crippen LogP contribution is -2.23. The summed E-state index contributed by atoms with van der Waals surface area (Å²) in [6, 6.07) is 16.9. The minimum Gasteiger partial charge on any atom is -0.481 e. The standard InChI is InChI=1S/C26H24BrN3O4/c1-4-33-24(31)15-34-23-12-9-17-7-5-6-8-19(17)21(23)14-28-30-25(16(2)3)29-22-11-10-18(27)13-20(22)26(30)32/h5-14,16H,4,15H2,1-3H3. The fourth-order valence-electron chi connectivity index (χ4n) is 3.64. The number of esters is 1. The summed E-state index contributed by atoms with van der Waals surface area (Å²) in [6.07, 6.45) is 1.58. The van der Waals surface area contributed by atoms with Crippen molar-refractivity contribution in [3.63, 3.8) is 0 Å². The van der Waals surface area contributed by atoms with Crippen LogP contribution in [0.1, 0.15) is 38.1 Å². The molecule has 0 saturated carbocycles. The minimum atomic E-state index is -0.457. The van der Waals surface area contributed by atoms with Crippen molar-refractivity contribution < 1.29 is 14.3 Å². The first-order chi connectivity index (χ1) is 16.4. The minimum absolute atomic E-state index is 0.0371. The molecule has 0 radical (unpaired) electrons. The molecule has 0 spiro atoms. The monoisotopic (exact) mass is 521 g/mol. The lowest BCUT2D eigenvalue weighted by atomic mass is 10.0. The highest BCUT2D eigenvalue weighted by molar-refractivity contribution is 9.10. The van der Waals surface area contributed by atoms with E-state index in [1.54, 1.807) is 25.3 Å². The Morgan fingerprint density at radius 3 is 2.71 bits per heavy atom. The first-order valence-corrected chi connectivity index (χ1v) is 11.7. The van der Waals surface area contributed by atoms with E-state index in [2.05, 4.69) is 26.0 Å². The Kier molecular flexibility index (Phi) is 7.07. The summed E-state index contributed by atoms with van der Waals surface area (Å²) in [5, 5.41) is 6.88. The van der Waals surface area contributed by atoms with Crippen LogP contribution >= 0.6 is 15.9 Å². The molecule has 0 unspecified atom stereocenters. The predicted molar refractivity (Wildman–Crippen MR) is 137 cm³/mol. The molecule has 8 heteroatoms. The highest BCUT2D eigenvalue weighted by Crippen LogP contribution is 2.27. The molecule has 174 valence electrons. The molecule has 0 aliphatic heterocycles. The van der Waals surface area contributed by atoms with Gasteiger partial charge in [-0.05, 0) is 42.0 Å². The van der Waals surface area contributed by atoms with E-state index >= 15 is 0 Å². The third kappa shape index (κ3) is 4.87. The summed E-state index contributed by atoms with van der Waals surface area (Å²) in [6.45, 7) is 5.72. The number of hydrogen-bond donors (Lipinski definition) is 0. The van der Waals surface area contributed by atoms with Crippen LogP contribution in [0.3, 0.4) is 0 Å². The molecule has 1 heterocycles. The summed E-state index contributed by atoms with van der Waals surface area (Å²) in [7, 11) is 0. The number of fused-ring (bicyclic) bond motifs is 2. The van der Waals surface area contributed by atoms with E-state index in [1.807, 2.05) is 56.3 Å². The van der Waals surface area contributed by atoms with Crippen LogP contribution in [0.15, 0.2) is 69.0 Å². The van der Waals surface area contributed by atoms with Gasteiger partial charge in [0.25, 0.3) is 5.56 Å². The number of carbonyl (C=O) groups is 1. The molecule has 7 nitrogen and oxygen atoms in total. The number of carbonyl (C=O) groups excluding carboxylic acids is 1. The van der Waals surface area contributed by atoms with Crippen molar-refractivity contribution in [1.82, 2.24) is 9.66 Å². The summed E-state index contributed by atoms with van der Waals surface area (Å²) in [4.78, 5) is 29.9. The second-order valence-electron chi connectivity index (χ2n) is 7.94. The Hall–Kier alpha value is -3.52. The quantitative estimate of drug-likeness (QED) is 0.244. The van der Waals surface area contributed by atoms with Crippen molar-refractivity contribution in [2.75, 3.05) is 13.2 Å². The molecular formula is C26H24BrN3O4. The fourth-order valence-corrected chi connectivity index (χ4v) is 4.00. The van der Waals surface area contributed by atoms with E-state index in [-0.39, 0.29) is 24.7 Å². The fraction of sp³-hybridized carbons (Fsp3) is 0.231. The van der Waals surface area contributed by atoms with E-state index in [9.17, 15) is 9.59 Å². The Morgan fingerprint density at radius 1 is 1.15 bits per heavy atom. The molecule has 4 rings (SSSR count). The smallest absolute Gasteiger partial charge is 0.344 e. The van der Waals surface area contributed by atoms with Crippen LogP contribution in [-0.4, -0.2) is 35.1 Å². The number of hydrogen-bond acceptors (Lipinski definition) is 6. The third-order valence-corrected chi connectivity index (χ3v) is 5.73. The number of ether oxygens (including phenoxy) is 2. The zero-order valence-electron chi connectivity index (χ0n) is 19.1. The van der Waals surface area contributed by atoms with Crippen molar-refractivity contribution in [2.24, 2.45) is 5.10 Å². The van der Waals surface area contributed by atoms with Gasteiger partial charge in [-0.2, -0.15) is 9.78 Å². The van der Waals surface area contributed by atoms with Crippen LogP contribution in [0.5, 0.6) is 5.75 Å². The van der Waals surface area contributed by atoms with Crippen molar-refractivity contribution in [1.29, 1.82) is 0 Å². The second-order valence-corrected chi connectivity index (χ2v) is 8.86. The average Bonchev–Trinajstić information content (AvgIpc) is 2.82. The Labute approximate surface area is 205 Å². The molecule has 0 fully saturated rings. The molecule has 3 aromatic carbocycles. The van der Waals surface area contributed by atoms with Gasteiger partial charge in [-0.15, -0.1) is 0 Å². The molecule has 4 aromatic rings. The molecular weight excluding hydrogens is 498 g/mol. The Morgan fingerprint density at radius 2 is 1.94 bits per heavy atom. The second kappa shape index (κ2) is 10.2. The van der Waals surface area contributed by atoms with E-state index in [1.165, 1.54) is 4.68 Å². The number of halogens is 1. The normalized spacial score (nSPS) is 11.6. The van der Waals surface area contributed by atoms with Gasteiger partial charge in [0.15, 0.2) is 6.61 Å². The van der Waals surface area contributed by atoms with Gasteiger partial charge in [0.05, 0.1) is 23.7 Å². The lowest BCUT2D eigenvalue weighted by molar-refractivity contribution is -0.145. The van der Waals surface area contributed by atoms with Crippen LogP contribution in [0.4, 0.5) is 0 Å². The number of aromatic nitrogens is 2. The van der Waals surface area contributed by atoms with E-state index in [4.69, 9.17) is 9.47 Å². The maximum Gasteiger partial charge on any atom is 0.344 e. The van der Waals surface area contributed by atoms with Crippen molar-refractivity contribution >= 4 is 49.8 Å². The maximum absolute atomic E-state index is 13.4. The van der Waals surface area contributed by atoms with Crippen molar-refractivity contribution in [3.05, 3.63) is 80.8 Å². The number of nitrogens with zero attached hydrogens (tertiary/aromatic N) is 3. The van der Waals surface area contributed by atoms with E-state index in [0.29, 0.717) is 28.0 Å². The predicted octanol–water partition coefficient (Wildman–Crippen LogP) is 5.26. The van der Waals surface area contributed by atoms with Crippen molar-refractivity contribution in [2.45, 2.75) is 26.7 Å². The van der Waals surface area contributed by atoms with Gasteiger partial charge < -0.3 is 9.47 Å². The summed E-state index contributed by atoms with van der Waals surface area (Å²) < 4.78 is 12.9. The Bertz CT molecular complexity index is 1460. The molecule has 0 N–H and O–H groups in total. The molecule has 0 saturated heterocycles. The van der Waals surface area contributed by atoms with Gasteiger partial charge in [0, 0.05) is 16.0 Å². The van der Waals surface area contributed by atoms with Crippen LogP contribution in [0.2, 0.25) is 0 Å². The van der Waals surface area contributed by atoms with Crippen LogP contribution in [0.25, 0.3) is 21.7 Å². The molecule has 0 aliphatic rings. The number of benzene rings is 3. The lowest BCUT2D eigenvalue weighted by Gasteiger charge is -2.13. The summed E-state index contributed by atoms with van der Waals surface area (Å²) in [5.74, 6) is 0.516.